The molecule has 3 heteroatoms. The fourth-order valence-electron chi connectivity index (χ4n) is 2.39. The molecule has 0 radical (unpaired) electrons. The molecular weight excluding hydrogens is 262 g/mol. The lowest BCUT2D eigenvalue weighted by atomic mass is 10.1. The predicted molar refractivity (Wildman–Crippen MR) is 83.1 cm³/mol. The first kappa shape index (κ1) is 13.2. The molecular formula is C18H15NO2. The maximum absolute atomic E-state index is 12.2. The zero-order valence-electron chi connectivity index (χ0n) is 11.7. The number of carbonyl (C=O) groups is 1. The van der Waals surface area contributed by atoms with Gasteiger partial charge in [0.1, 0.15) is 0 Å². The molecule has 104 valence electrons. The van der Waals surface area contributed by atoms with Crippen LogP contribution in [0.4, 0.5) is 4.79 Å². The number of hydrogen-bond acceptors (Lipinski definition) is 2. The van der Waals surface area contributed by atoms with Crippen LogP contribution in [0.2, 0.25) is 0 Å². The summed E-state index contributed by atoms with van der Waals surface area (Å²) in [5, 5.41) is 0. The Labute approximate surface area is 123 Å². The Morgan fingerprint density at radius 1 is 0.762 bits per heavy atom. The third-order valence-corrected chi connectivity index (χ3v) is 3.38. The second-order valence-electron chi connectivity index (χ2n) is 4.64. The zero-order valence-corrected chi connectivity index (χ0v) is 11.7. The molecule has 0 amide bonds. The summed E-state index contributed by atoms with van der Waals surface area (Å²) in [6, 6.07) is 23.5. The second-order valence-corrected chi connectivity index (χ2v) is 4.64. The minimum atomic E-state index is -0.391. The molecule has 1 heterocycles. The second kappa shape index (κ2) is 5.67. The third-order valence-electron chi connectivity index (χ3n) is 3.38. The van der Waals surface area contributed by atoms with Crippen molar-refractivity contribution in [2.75, 3.05) is 7.11 Å². The highest BCUT2D eigenvalue weighted by molar-refractivity contribution is 5.85. The maximum atomic E-state index is 12.2. The zero-order chi connectivity index (χ0) is 14.7. The van der Waals surface area contributed by atoms with E-state index < -0.39 is 6.09 Å². The van der Waals surface area contributed by atoms with Crippen molar-refractivity contribution in [2.24, 2.45) is 0 Å². The van der Waals surface area contributed by atoms with Gasteiger partial charge in [-0.2, -0.15) is 0 Å². The molecule has 0 bridgehead atoms. The van der Waals surface area contributed by atoms with E-state index in [-0.39, 0.29) is 0 Å². The van der Waals surface area contributed by atoms with E-state index in [9.17, 15) is 4.79 Å². The fourth-order valence-corrected chi connectivity index (χ4v) is 2.39. The normalized spacial score (nSPS) is 10.3. The Bertz CT molecular complexity index is 688. The van der Waals surface area contributed by atoms with Gasteiger partial charge in [-0.15, -0.1) is 0 Å². The lowest BCUT2D eigenvalue weighted by Crippen LogP contribution is -2.13. The van der Waals surface area contributed by atoms with Gasteiger partial charge in [-0.05, 0) is 23.3 Å². The van der Waals surface area contributed by atoms with Crippen LogP contribution in [0.25, 0.3) is 22.5 Å². The summed E-state index contributed by atoms with van der Waals surface area (Å²) >= 11 is 0. The van der Waals surface area contributed by atoms with Crippen LogP contribution in [0.1, 0.15) is 0 Å². The Balaban J connectivity index is 2.19. The van der Waals surface area contributed by atoms with Crippen molar-refractivity contribution in [3.05, 3.63) is 72.8 Å². The van der Waals surface area contributed by atoms with Crippen molar-refractivity contribution in [3.63, 3.8) is 0 Å². The van der Waals surface area contributed by atoms with Crippen LogP contribution < -0.4 is 0 Å². The van der Waals surface area contributed by atoms with E-state index >= 15 is 0 Å². The first-order valence-corrected chi connectivity index (χ1v) is 6.72. The van der Waals surface area contributed by atoms with Gasteiger partial charge in [0.15, 0.2) is 0 Å². The molecule has 0 aliphatic rings. The number of ether oxygens (including phenoxy) is 1. The van der Waals surface area contributed by atoms with E-state index in [1.54, 1.807) is 4.57 Å². The highest BCUT2D eigenvalue weighted by Gasteiger charge is 2.17. The molecule has 2 aromatic carbocycles. The van der Waals surface area contributed by atoms with Gasteiger partial charge in [-0.25, -0.2) is 9.36 Å². The Kier molecular flexibility index (Phi) is 3.56. The highest BCUT2D eigenvalue weighted by atomic mass is 16.5. The summed E-state index contributed by atoms with van der Waals surface area (Å²) in [4.78, 5) is 12.2. The molecule has 21 heavy (non-hydrogen) atoms. The van der Waals surface area contributed by atoms with E-state index in [4.69, 9.17) is 4.74 Å². The summed E-state index contributed by atoms with van der Waals surface area (Å²) in [5.41, 5.74) is 3.60. The average Bonchev–Trinajstić information content (AvgIpc) is 3.00. The largest absolute Gasteiger partial charge is 0.452 e. The molecule has 0 saturated heterocycles. The summed E-state index contributed by atoms with van der Waals surface area (Å²) < 4.78 is 6.54. The van der Waals surface area contributed by atoms with Crippen LogP contribution in [0.3, 0.4) is 0 Å². The number of carbonyl (C=O) groups excluding carboxylic acids is 1. The highest BCUT2D eigenvalue weighted by Crippen LogP contribution is 2.29. The molecule has 0 atom stereocenters. The van der Waals surface area contributed by atoms with Gasteiger partial charge in [0.25, 0.3) is 0 Å². The molecule has 0 saturated carbocycles. The molecule has 0 spiro atoms. The summed E-state index contributed by atoms with van der Waals surface area (Å²) in [5.74, 6) is 0. The molecule has 0 unspecified atom stereocenters. The molecule has 0 aliphatic carbocycles. The van der Waals surface area contributed by atoms with E-state index in [1.807, 2.05) is 72.8 Å². The van der Waals surface area contributed by atoms with E-state index in [0.29, 0.717) is 0 Å². The Hall–Kier alpha value is -2.81. The van der Waals surface area contributed by atoms with Crippen molar-refractivity contribution < 1.29 is 9.53 Å². The van der Waals surface area contributed by atoms with Gasteiger partial charge < -0.3 is 4.74 Å². The molecule has 1 aromatic heterocycles. The number of aromatic nitrogens is 1. The van der Waals surface area contributed by atoms with Crippen LogP contribution in [0.5, 0.6) is 0 Å². The molecule has 3 rings (SSSR count). The SMILES string of the molecule is COC(=O)n1c(-c2ccccc2)ccc1-c1ccccc1. The Morgan fingerprint density at radius 2 is 1.19 bits per heavy atom. The van der Waals surface area contributed by atoms with Crippen LogP contribution >= 0.6 is 0 Å². The number of hydrogen-bond donors (Lipinski definition) is 0. The van der Waals surface area contributed by atoms with Crippen LogP contribution in [0.15, 0.2) is 72.8 Å². The van der Waals surface area contributed by atoms with E-state index in [0.717, 1.165) is 22.5 Å². The van der Waals surface area contributed by atoms with Crippen molar-refractivity contribution in [3.8, 4) is 22.5 Å². The summed E-state index contributed by atoms with van der Waals surface area (Å²) in [6.45, 7) is 0. The quantitative estimate of drug-likeness (QED) is 0.693. The first-order chi connectivity index (χ1) is 10.3. The van der Waals surface area contributed by atoms with Gasteiger partial charge in [0, 0.05) is 0 Å². The van der Waals surface area contributed by atoms with Gasteiger partial charge in [-0.3, -0.25) is 0 Å². The minimum absolute atomic E-state index is 0.391. The number of benzene rings is 2. The average molecular weight is 277 g/mol. The van der Waals surface area contributed by atoms with Gasteiger partial charge in [0.05, 0.1) is 18.5 Å². The first-order valence-electron chi connectivity index (χ1n) is 6.72. The molecule has 3 nitrogen and oxygen atoms in total. The van der Waals surface area contributed by atoms with Crippen LogP contribution in [0, 0.1) is 0 Å². The molecule has 0 N–H and O–H groups in total. The van der Waals surface area contributed by atoms with E-state index in [1.165, 1.54) is 7.11 Å². The lowest BCUT2D eigenvalue weighted by Gasteiger charge is -2.11. The topological polar surface area (TPSA) is 31.2 Å². The summed E-state index contributed by atoms with van der Waals surface area (Å²) in [7, 11) is 1.39. The smallest absolute Gasteiger partial charge is 0.418 e. The van der Waals surface area contributed by atoms with Crippen molar-refractivity contribution in [1.82, 2.24) is 4.57 Å². The maximum Gasteiger partial charge on any atom is 0.418 e. The fraction of sp³-hybridized carbons (Fsp3) is 0.0556. The van der Waals surface area contributed by atoms with Gasteiger partial charge in [0.2, 0.25) is 0 Å². The van der Waals surface area contributed by atoms with Crippen molar-refractivity contribution in [2.45, 2.75) is 0 Å². The number of methoxy groups -OCH3 is 1. The lowest BCUT2D eigenvalue weighted by molar-refractivity contribution is 0.174. The van der Waals surface area contributed by atoms with E-state index in [2.05, 4.69) is 0 Å². The molecule has 3 aromatic rings. The molecule has 0 aliphatic heterocycles. The number of nitrogens with zero attached hydrogens (tertiary/aromatic N) is 1. The van der Waals surface area contributed by atoms with Crippen LogP contribution in [-0.2, 0) is 4.74 Å². The van der Waals surface area contributed by atoms with Gasteiger partial charge in [-0.1, -0.05) is 60.7 Å². The monoisotopic (exact) mass is 277 g/mol. The Morgan fingerprint density at radius 3 is 1.57 bits per heavy atom. The minimum Gasteiger partial charge on any atom is -0.452 e. The third kappa shape index (κ3) is 2.46. The molecule has 0 fully saturated rings. The van der Waals surface area contributed by atoms with Crippen molar-refractivity contribution >= 4 is 6.09 Å². The summed E-state index contributed by atoms with van der Waals surface area (Å²) in [6.07, 6.45) is -0.391. The van der Waals surface area contributed by atoms with Crippen LogP contribution in [-0.4, -0.2) is 17.8 Å². The number of rotatable bonds is 2. The predicted octanol–water partition coefficient (Wildman–Crippen LogP) is 4.44. The van der Waals surface area contributed by atoms with Crippen molar-refractivity contribution in [1.29, 1.82) is 0 Å². The standard InChI is InChI=1S/C18H15NO2/c1-21-18(20)19-16(14-8-4-2-5-9-14)12-13-17(19)15-10-6-3-7-11-15/h2-13H,1H3. The van der Waals surface area contributed by atoms with Gasteiger partial charge >= 0.3 is 6.09 Å².